The van der Waals surface area contributed by atoms with E-state index in [1.807, 2.05) is 24.0 Å². The summed E-state index contributed by atoms with van der Waals surface area (Å²) in [4.78, 5) is 26.2. The molecule has 3 rings (SSSR count). The third kappa shape index (κ3) is 3.84. The second kappa shape index (κ2) is 7.42. The molecule has 0 saturated carbocycles. The van der Waals surface area contributed by atoms with E-state index in [1.165, 1.54) is 0 Å². The Bertz CT molecular complexity index is 755. The number of likely N-dealkylation sites (tertiary alicyclic amines) is 1. The van der Waals surface area contributed by atoms with Crippen LogP contribution in [0.4, 0.5) is 10.5 Å². The number of rotatable bonds is 3. The first kappa shape index (κ1) is 17.1. The monoisotopic (exact) mass is 341 g/mol. The van der Waals surface area contributed by atoms with E-state index in [4.69, 9.17) is 10.2 Å². The van der Waals surface area contributed by atoms with Crippen molar-refractivity contribution in [3.05, 3.63) is 53.5 Å². The third-order valence-electron chi connectivity index (χ3n) is 4.64. The average molecular weight is 341 g/mol. The molecule has 6 heteroatoms. The van der Waals surface area contributed by atoms with E-state index in [-0.39, 0.29) is 12.1 Å². The van der Waals surface area contributed by atoms with Crippen LogP contribution < -0.4 is 11.1 Å². The molecule has 0 spiro atoms. The molecule has 1 fully saturated rings. The lowest BCUT2D eigenvalue weighted by atomic mass is 10.1. The fourth-order valence-electron chi connectivity index (χ4n) is 3.29. The van der Waals surface area contributed by atoms with Gasteiger partial charge in [-0.25, -0.2) is 4.79 Å². The lowest BCUT2D eigenvalue weighted by Crippen LogP contribution is -2.38. The molecule has 1 aromatic carbocycles. The minimum Gasteiger partial charge on any atom is -0.467 e. The topological polar surface area (TPSA) is 88.6 Å². The molecule has 1 aromatic heterocycles. The van der Waals surface area contributed by atoms with Gasteiger partial charge in [-0.1, -0.05) is 18.9 Å². The van der Waals surface area contributed by atoms with Crippen LogP contribution in [0.1, 0.15) is 53.4 Å². The number of urea groups is 1. The zero-order valence-corrected chi connectivity index (χ0v) is 14.3. The van der Waals surface area contributed by atoms with Gasteiger partial charge in [0.05, 0.1) is 12.3 Å². The molecule has 1 aliphatic rings. The number of primary amides is 1. The highest BCUT2D eigenvalue weighted by atomic mass is 16.3. The molecule has 1 aliphatic heterocycles. The summed E-state index contributed by atoms with van der Waals surface area (Å²) in [6.07, 6.45) is 5.63. The predicted molar refractivity (Wildman–Crippen MR) is 95.3 cm³/mol. The van der Waals surface area contributed by atoms with Crippen LogP contribution in [0.3, 0.4) is 0 Å². The first-order valence-corrected chi connectivity index (χ1v) is 8.58. The van der Waals surface area contributed by atoms with Crippen molar-refractivity contribution in [2.24, 2.45) is 5.73 Å². The van der Waals surface area contributed by atoms with Crippen LogP contribution in [0.2, 0.25) is 0 Å². The molecule has 0 radical (unpaired) electrons. The van der Waals surface area contributed by atoms with Gasteiger partial charge in [0, 0.05) is 17.8 Å². The van der Waals surface area contributed by atoms with E-state index in [1.54, 1.807) is 24.5 Å². The number of nitrogens with zero attached hydrogens (tertiary/aromatic N) is 1. The van der Waals surface area contributed by atoms with E-state index in [0.29, 0.717) is 17.8 Å². The number of nitrogens with one attached hydrogen (secondary N) is 1. The molecule has 25 heavy (non-hydrogen) atoms. The fourth-order valence-corrected chi connectivity index (χ4v) is 3.29. The summed E-state index contributed by atoms with van der Waals surface area (Å²) in [5.74, 6) is 0.301. The number of hydrogen-bond donors (Lipinski definition) is 2. The Balaban J connectivity index is 1.81. The SMILES string of the molecule is Cc1ccc(NC(=O)N2CCCCC[C@H]2c2ccco2)cc1C(N)=O. The molecule has 6 nitrogen and oxygen atoms in total. The molecule has 3 N–H and O–H groups in total. The van der Waals surface area contributed by atoms with Crippen molar-refractivity contribution in [3.8, 4) is 0 Å². The van der Waals surface area contributed by atoms with Gasteiger partial charge < -0.3 is 20.4 Å². The zero-order chi connectivity index (χ0) is 17.8. The molecule has 0 unspecified atom stereocenters. The minimum absolute atomic E-state index is 0.0708. The van der Waals surface area contributed by atoms with Crippen molar-refractivity contribution in [2.45, 2.75) is 38.6 Å². The van der Waals surface area contributed by atoms with Crippen LogP contribution in [0.25, 0.3) is 0 Å². The summed E-state index contributed by atoms with van der Waals surface area (Å²) < 4.78 is 5.54. The Morgan fingerprint density at radius 1 is 1.24 bits per heavy atom. The lowest BCUT2D eigenvalue weighted by molar-refractivity contribution is 0.0999. The number of nitrogens with two attached hydrogens (primary N) is 1. The maximum atomic E-state index is 12.8. The van der Waals surface area contributed by atoms with Crippen LogP contribution in [-0.2, 0) is 0 Å². The smallest absolute Gasteiger partial charge is 0.322 e. The zero-order valence-electron chi connectivity index (χ0n) is 14.3. The number of carbonyl (C=O) groups excluding carboxylic acids is 2. The van der Waals surface area contributed by atoms with Crippen molar-refractivity contribution < 1.29 is 14.0 Å². The van der Waals surface area contributed by atoms with Crippen LogP contribution in [-0.4, -0.2) is 23.4 Å². The van der Waals surface area contributed by atoms with Gasteiger partial charge in [-0.3, -0.25) is 4.79 Å². The normalized spacial score (nSPS) is 17.8. The van der Waals surface area contributed by atoms with Crippen LogP contribution in [0.5, 0.6) is 0 Å². The number of furan rings is 1. The molecule has 1 saturated heterocycles. The molecule has 0 bridgehead atoms. The summed E-state index contributed by atoms with van der Waals surface area (Å²) in [6.45, 7) is 2.49. The summed E-state index contributed by atoms with van der Waals surface area (Å²) in [6, 6.07) is 8.67. The van der Waals surface area contributed by atoms with E-state index in [9.17, 15) is 9.59 Å². The largest absolute Gasteiger partial charge is 0.467 e. The molecular weight excluding hydrogens is 318 g/mol. The molecule has 2 heterocycles. The van der Waals surface area contributed by atoms with Gasteiger partial charge >= 0.3 is 6.03 Å². The number of carbonyl (C=O) groups is 2. The van der Waals surface area contributed by atoms with Crippen molar-refractivity contribution in [3.63, 3.8) is 0 Å². The standard InChI is InChI=1S/C19H23N3O3/c1-13-8-9-14(12-15(13)18(20)23)21-19(24)22-10-4-2-3-6-16(22)17-7-5-11-25-17/h5,7-9,11-12,16H,2-4,6,10H2,1H3,(H2,20,23)(H,21,24)/t16-/m0/s1. The quantitative estimate of drug-likeness (QED) is 0.889. The van der Waals surface area contributed by atoms with E-state index in [2.05, 4.69) is 5.32 Å². The first-order chi connectivity index (χ1) is 12.1. The van der Waals surface area contributed by atoms with Gasteiger partial charge in [0.25, 0.3) is 0 Å². The highest BCUT2D eigenvalue weighted by Gasteiger charge is 2.28. The Kier molecular flexibility index (Phi) is 5.07. The second-order valence-electron chi connectivity index (χ2n) is 6.40. The minimum atomic E-state index is -0.503. The van der Waals surface area contributed by atoms with Crippen LogP contribution in [0.15, 0.2) is 41.0 Å². The van der Waals surface area contributed by atoms with Crippen LogP contribution in [0, 0.1) is 6.92 Å². The van der Waals surface area contributed by atoms with Gasteiger partial charge in [0.15, 0.2) is 0 Å². The number of amides is 3. The lowest BCUT2D eigenvalue weighted by Gasteiger charge is -2.28. The molecule has 132 valence electrons. The Morgan fingerprint density at radius 2 is 2.08 bits per heavy atom. The number of benzene rings is 1. The summed E-state index contributed by atoms with van der Waals surface area (Å²) in [5.41, 5.74) is 7.15. The molecule has 1 atom stereocenters. The molecule has 0 aliphatic carbocycles. The highest BCUT2D eigenvalue weighted by Crippen LogP contribution is 2.31. The van der Waals surface area contributed by atoms with E-state index >= 15 is 0 Å². The maximum absolute atomic E-state index is 12.8. The number of aryl methyl sites for hydroxylation is 1. The van der Waals surface area contributed by atoms with Gasteiger partial charge in [-0.2, -0.15) is 0 Å². The van der Waals surface area contributed by atoms with Gasteiger partial charge in [0.2, 0.25) is 5.91 Å². The van der Waals surface area contributed by atoms with Crippen molar-refractivity contribution in [1.29, 1.82) is 0 Å². The Labute approximate surface area is 147 Å². The van der Waals surface area contributed by atoms with E-state index < -0.39 is 5.91 Å². The van der Waals surface area contributed by atoms with Crippen molar-refractivity contribution >= 4 is 17.6 Å². The van der Waals surface area contributed by atoms with Gasteiger partial charge in [0.1, 0.15) is 5.76 Å². The summed E-state index contributed by atoms with van der Waals surface area (Å²) in [7, 11) is 0. The maximum Gasteiger partial charge on any atom is 0.322 e. The van der Waals surface area contributed by atoms with Crippen molar-refractivity contribution in [2.75, 3.05) is 11.9 Å². The Hall–Kier alpha value is -2.76. The number of hydrogen-bond acceptors (Lipinski definition) is 3. The van der Waals surface area contributed by atoms with Gasteiger partial charge in [-0.05, 0) is 49.6 Å². The molecule has 2 aromatic rings. The number of anilines is 1. The van der Waals surface area contributed by atoms with Crippen molar-refractivity contribution in [1.82, 2.24) is 4.90 Å². The summed E-state index contributed by atoms with van der Waals surface area (Å²) >= 11 is 0. The predicted octanol–water partition coefficient (Wildman–Crippen LogP) is 3.84. The summed E-state index contributed by atoms with van der Waals surface area (Å²) in [5, 5.41) is 2.89. The highest BCUT2D eigenvalue weighted by molar-refractivity contribution is 5.97. The third-order valence-corrected chi connectivity index (χ3v) is 4.64. The fraction of sp³-hybridized carbons (Fsp3) is 0.368. The average Bonchev–Trinajstić information content (AvgIpc) is 3.00. The molecule has 3 amide bonds. The van der Waals surface area contributed by atoms with Crippen LogP contribution >= 0.6 is 0 Å². The van der Waals surface area contributed by atoms with E-state index in [0.717, 1.165) is 37.0 Å². The molecular formula is C19H23N3O3. The Morgan fingerprint density at radius 3 is 2.80 bits per heavy atom. The first-order valence-electron chi connectivity index (χ1n) is 8.58. The second-order valence-corrected chi connectivity index (χ2v) is 6.40. The van der Waals surface area contributed by atoms with Gasteiger partial charge in [-0.15, -0.1) is 0 Å².